The minimum absolute atomic E-state index is 0.111. The summed E-state index contributed by atoms with van der Waals surface area (Å²) in [7, 11) is 0. The summed E-state index contributed by atoms with van der Waals surface area (Å²) in [6.45, 7) is -0.476. The molecule has 3 aromatic rings. The molecule has 27 heavy (non-hydrogen) atoms. The number of nitrogens with one attached hydrogen (secondary N) is 1. The summed E-state index contributed by atoms with van der Waals surface area (Å²) in [6, 6.07) is 11.7. The number of hydrogen-bond donors (Lipinski definition) is 1. The molecule has 140 valence electrons. The molecule has 8 heteroatoms. The van der Waals surface area contributed by atoms with Gasteiger partial charge in [0, 0.05) is 12.0 Å². The van der Waals surface area contributed by atoms with E-state index in [2.05, 4.69) is 9.97 Å². The number of aryl methyl sites for hydroxylation is 1. The van der Waals surface area contributed by atoms with Crippen molar-refractivity contribution in [2.24, 2.45) is 0 Å². The van der Waals surface area contributed by atoms with E-state index in [0.29, 0.717) is 16.7 Å². The van der Waals surface area contributed by atoms with Crippen molar-refractivity contribution in [2.45, 2.75) is 25.6 Å². The fourth-order valence-electron chi connectivity index (χ4n) is 2.63. The molecule has 3 rings (SSSR count). The second-order valence-corrected chi connectivity index (χ2v) is 5.85. The average Bonchev–Trinajstić information content (AvgIpc) is 2.64. The third-order valence-corrected chi connectivity index (χ3v) is 3.94. The third kappa shape index (κ3) is 4.52. The lowest BCUT2D eigenvalue weighted by Gasteiger charge is -2.12. The van der Waals surface area contributed by atoms with Crippen LogP contribution >= 0.6 is 0 Å². The highest BCUT2D eigenvalue weighted by molar-refractivity contribution is 5.77. The Labute approximate surface area is 151 Å². The zero-order valence-electron chi connectivity index (χ0n) is 14.0. The number of aromatic amines is 1. The Kier molecular flexibility index (Phi) is 5.25. The Balaban J connectivity index is 1.62. The fraction of sp³-hybridized carbons (Fsp3) is 0.211. The number of benzene rings is 2. The Morgan fingerprint density at radius 3 is 2.56 bits per heavy atom. The smallest absolute Gasteiger partial charge is 0.416 e. The maximum atomic E-state index is 12.9. The van der Waals surface area contributed by atoms with E-state index in [9.17, 15) is 22.8 Å². The number of rotatable bonds is 5. The Morgan fingerprint density at radius 2 is 1.78 bits per heavy atom. The number of aromatic nitrogens is 2. The Morgan fingerprint density at radius 1 is 1.07 bits per heavy atom. The van der Waals surface area contributed by atoms with Crippen molar-refractivity contribution in [3.8, 4) is 0 Å². The van der Waals surface area contributed by atoms with Crippen LogP contribution in [0, 0.1) is 0 Å². The zero-order valence-corrected chi connectivity index (χ0v) is 14.0. The molecule has 1 heterocycles. The van der Waals surface area contributed by atoms with Crippen LogP contribution in [0.1, 0.15) is 23.4 Å². The summed E-state index contributed by atoms with van der Waals surface area (Å²) in [6.07, 6.45) is -4.52. The second kappa shape index (κ2) is 7.61. The number of carbonyl (C=O) groups excluding carboxylic acids is 1. The number of para-hydroxylation sites is 1. The molecule has 0 saturated carbocycles. The van der Waals surface area contributed by atoms with Gasteiger partial charge in [-0.15, -0.1) is 0 Å². The van der Waals surface area contributed by atoms with Crippen LogP contribution in [0.3, 0.4) is 0 Å². The van der Waals surface area contributed by atoms with Gasteiger partial charge in [-0.05, 0) is 18.2 Å². The molecule has 0 aliphatic rings. The molecular weight excluding hydrogens is 361 g/mol. The minimum atomic E-state index is -4.52. The molecule has 0 fully saturated rings. The van der Waals surface area contributed by atoms with Gasteiger partial charge < -0.3 is 9.72 Å². The predicted molar refractivity (Wildman–Crippen MR) is 91.9 cm³/mol. The SMILES string of the molecule is O=C(CCc1nc2ccccc2c(=O)[nH]1)OCc1ccccc1C(F)(F)F. The van der Waals surface area contributed by atoms with Crippen LogP contribution in [0.5, 0.6) is 0 Å². The molecule has 2 aromatic carbocycles. The number of halogens is 3. The lowest BCUT2D eigenvalue weighted by atomic mass is 10.1. The number of ether oxygens (including phenoxy) is 1. The highest BCUT2D eigenvalue weighted by Crippen LogP contribution is 2.32. The molecule has 1 aromatic heterocycles. The molecule has 0 radical (unpaired) electrons. The van der Waals surface area contributed by atoms with Gasteiger partial charge in [0.25, 0.3) is 5.56 Å². The number of hydrogen-bond acceptors (Lipinski definition) is 4. The van der Waals surface area contributed by atoms with Crippen LogP contribution < -0.4 is 5.56 Å². The van der Waals surface area contributed by atoms with Crippen LogP contribution in [0.25, 0.3) is 10.9 Å². The first kappa shape index (κ1) is 18.6. The van der Waals surface area contributed by atoms with Crippen LogP contribution in [-0.4, -0.2) is 15.9 Å². The summed E-state index contributed by atoms with van der Waals surface area (Å²) in [5.41, 5.74) is -0.763. The van der Waals surface area contributed by atoms with Crippen molar-refractivity contribution in [1.82, 2.24) is 9.97 Å². The predicted octanol–water partition coefficient (Wildman–Crippen LogP) is 3.62. The topological polar surface area (TPSA) is 72.0 Å². The molecular formula is C19H15F3N2O3. The molecule has 0 saturated heterocycles. The summed E-state index contributed by atoms with van der Waals surface area (Å²) in [4.78, 5) is 30.7. The summed E-state index contributed by atoms with van der Waals surface area (Å²) < 4.78 is 43.7. The van der Waals surface area contributed by atoms with E-state index < -0.39 is 24.3 Å². The van der Waals surface area contributed by atoms with E-state index in [-0.39, 0.29) is 24.0 Å². The number of fused-ring (bicyclic) bond motifs is 1. The molecule has 0 aliphatic heterocycles. The molecule has 0 amide bonds. The Bertz CT molecular complexity index is 1030. The van der Waals surface area contributed by atoms with E-state index in [1.165, 1.54) is 18.2 Å². The summed E-state index contributed by atoms with van der Waals surface area (Å²) in [5.74, 6) is -0.367. The molecule has 5 nitrogen and oxygen atoms in total. The van der Waals surface area contributed by atoms with Gasteiger partial charge in [-0.3, -0.25) is 9.59 Å². The van der Waals surface area contributed by atoms with Crippen molar-refractivity contribution in [1.29, 1.82) is 0 Å². The van der Waals surface area contributed by atoms with Crippen LogP contribution in [0.2, 0.25) is 0 Å². The van der Waals surface area contributed by atoms with E-state index in [1.807, 2.05) is 0 Å². The summed E-state index contributed by atoms with van der Waals surface area (Å²) in [5, 5.41) is 0.438. The Hall–Kier alpha value is -3.16. The lowest BCUT2D eigenvalue weighted by molar-refractivity contribution is -0.147. The molecule has 0 unspecified atom stereocenters. The number of H-pyrrole nitrogens is 1. The van der Waals surface area contributed by atoms with Crippen molar-refractivity contribution in [3.63, 3.8) is 0 Å². The normalized spacial score (nSPS) is 11.5. The average molecular weight is 376 g/mol. The first-order chi connectivity index (χ1) is 12.8. The van der Waals surface area contributed by atoms with Gasteiger partial charge in [-0.2, -0.15) is 13.2 Å². The number of nitrogens with zero attached hydrogens (tertiary/aromatic N) is 1. The van der Waals surface area contributed by atoms with Gasteiger partial charge in [-0.25, -0.2) is 4.98 Å². The van der Waals surface area contributed by atoms with Gasteiger partial charge >= 0.3 is 12.1 Å². The van der Waals surface area contributed by atoms with Gasteiger partial charge in [-0.1, -0.05) is 30.3 Å². The molecule has 0 spiro atoms. The largest absolute Gasteiger partial charge is 0.461 e. The standard InChI is InChI=1S/C19H15F3N2O3/c20-19(21,22)14-7-3-1-5-12(14)11-27-17(25)10-9-16-23-15-8-4-2-6-13(15)18(26)24-16/h1-8H,9-11H2,(H,23,24,26). The van der Waals surface area contributed by atoms with E-state index in [4.69, 9.17) is 4.74 Å². The van der Waals surface area contributed by atoms with Gasteiger partial charge in [0.2, 0.25) is 0 Å². The molecule has 0 atom stereocenters. The molecule has 0 bridgehead atoms. The number of esters is 1. The summed E-state index contributed by atoms with van der Waals surface area (Å²) >= 11 is 0. The van der Waals surface area contributed by atoms with Gasteiger partial charge in [0.05, 0.1) is 22.9 Å². The first-order valence-electron chi connectivity index (χ1n) is 8.13. The second-order valence-electron chi connectivity index (χ2n) is 5.85. The fourth-order valence-corrected chi connectivity index (χ4v) is 2.63. The van der Waals surface area contributed by atoms with E-state index in [1.54, 1.807) is 24.3 Å². The quantitative estimate of drug-likeness (QED) is 0.691. The van der Waals surface area contributed by atoms with E-state index in [0.717, 1.165) is 6.07 Å². The highest BCUT2D eigenvalue weighted by atomic mass is 19.4. The highest BCUT2D eigenvalue weighted by Gasteiger charge is 2.33. The third-order valence-electron chi connectivity index (χ3n) is 3.94. The van der Waals surface area contributed by atoms with Gasteiger partial charge in [0.15, 0.2) is 0 Å². The lowest BCUT2D eigenvalue weighted by Crippen LogP contribution is -2.15. The maximum Gasteiger partial charge on any atom is 0.416 e. The number of alkyl halides is 3. The van der Waals surface area contributed by atoms with Crippen LogP contribution in [0.4, 0.5) is 13.2 Å². The number of carbonyl (C=O) groups is 1. The van der Waals surface area contributed by atoms with Gasteiger partial charge in [0.1, 0.15) is 12.4 Å². The minimum Gasteiger partial charge on any atom is -0.461 e. The monoisotopic (exact) mass is 376 g/mol. The van der Waals surface area contributed by atoms with Crippen LogP contribution in [-0.2, 0) is 28.7 Å². The maximum absolute atomic E-state index is 12.9. The van der Waals surface area contributed by atoms with Crippen molar-refractivity contribution in [2.75, 3.05) is 0 Å². The molecule has 0 aliphatic carbocycles. The molecule has 1 N–H and O–H groups in total. The van der Waals surface area contributed by atoms with Crippen LogP contribution in [0.15, 0.2) is 53.3 Å². The first-order valence-corrected chi connectivity index (χ1v) is 8.13. The van der Waals surface area contributed by atoms with Crippen molar-refractivity contribution in [3.05, 3.63) is 75.8 Å². The van der Waals surface area contributed by atoms with Crippen molar-refractivity contribution >= 4 is 16.9 Å². The van der Waals surface area contributed by atoms with E-state index >= 15 is 0 Å². The zero-order chi connectivity index (χ0) is 19.4. The van der Waals surface area contributed by atoms with Crippen molar-refractivity contribution < 1.29 is 22.7 Å².